The number of aliphatic hydroxyl groups excluding tert-OH is 1. The first kappa shape index (κ1) is 73.4. The smallest absolute Gasteiger partial charge is 0.311 e. The fourth-order valence-corrected chi connectivity index (χ4v) is 29.5. The third-order valence-electron chi connectivity index (χ3n) is 20.7. The summed E-state index contributed by atoms with van der Waals surface area (Å²) in [7, 11) is -13.2. The molecule has 94 heavy (non-hydrogen) atoms. The van der Waals surface area contributed by atoms with Crippen LogP contribution in [0.4, 0.5) is 0 Å². The van der Waals surface area contributed by atoms with Crippen LogP contribution in [0, 0.1) is 5.41 Å². The first-order chi connectivity index (χ1) is 44.6. The number of carbonyl (C=O) groups excluding carboxylic acids is 1. The Morgan fingerprint density at radius 1 is 0.628 bits per heavy atom. The third-order valence-corrected chi connectivity index (χ3v) is 37.7. The molecule has 9 rings (SSSR count). The van der Waals surface area contributed by atoms with Gasteiger partial charge in [-0.1, -0.05) is 215 Å². The second-order valence-electron chi connectivity index (χ2n) is 30.0. The van der Waals surface area contributed by atoms with Gasteiger partial charge in [0, 0.05) is 25.4 Å². The summed E-state index contributed by atoms with van der Waals surface area (Å²) in [4.78, 5) is 13.3. The summed E-state index contributed by atoms with van der Waals surface area (Å²) >= 11 is 0. The molecule has 0 bridgehead atoms. The minimum Gasteiger partial charge on any atom is -0.465 e. The van der Waals surface area contributed by atoms with E-state index in [1.807, 2.05) is 45.0 Å². The summed E-state index contributed by atoms with van der Waals surface area (Å²) in [6, 6.07) is 53.6. The molecule has 0 radical (unpaired) electrons. The topological polar surface area (TPSA) is 145 Å². The van der Waals surface area contributed by atoms with Crippen molar-refractivity contribution in [2.24, 2.45) is 5.41 Å². The molecule has 0 aromatic heterocycles. The fraction of sp³-hybridized carbons (Fsp3) is 0.538. The zero-order chi connectivity index (χ0) is 67.9. The van der Waals surface area contributed by atoms with Gasteiger partial charge in [0.05, 0.1) is 58.8 Å². The van der Waals surface area contributed by atoms with Gasteiger partial charge in [0.1, 0.15) is 30.5 Å². The number of benzene rings is 5. The van der Waals surface area contributed by atoms with Crippen LogP contribution in [0.3, 0.4) is 0 Å². The first-order valence-electron chi connectivity index (χ1n) is 34.7. The molecule has 5 aromatic rings. The van der Waals surface area contributed by atoms with E-state index in [1.54, 1.807) is 30.3 Å². The molecule has 5 aromatic carbocycles. The van der Waals surface area contributed by atoms with Crippen LogP contribution in [0.25, 0.3) is 0 Å². The van der Waals surface area contributed by atoms with Gasteiger partial charge in [-0.05, 0) is 138 Å². The minimum absolute atomic E-state index is 0.00399. The highest BCUT2D eigenvalue weighted by Crippen LogP contribution is 2.49. The second-order valence-corrected chi connectivity index (χ2v) is 45.4. The molecular weight excluding hydrogens is 1250 g/mol. The maximum absolute atomic E-state index is 15.6. The van der Waals surface area contributed by atoms with Crippen molar-refractivity contribution in [1.29, 1.82) is 0 Å². The highest BCUT2D eigenvalue weighted by Gasteiger charge is 2.65. The van der Waals surface area contributed by atoms with E-state index in [0.29, 0.717) is 32.1 Å². The molecule has 510 valence electrons. The van der Waals surface area contributed by atoms with Crippen LogP contribution >= 0.6 is 0 Å². The normalized spacial score (nSPS) is 24.8. The maximum atomic E-state index is 15.6. The molecule has 1 N–H and O–H groups in total. The third kappa shape index (κ3) is 16.0. The summed E-state index contributed by atoms with van der Waals surface area (Å²) in [5.74, 6) is -0.275. The summed E-state index contributed by atoms with van der Waals surface area (Å²) in [6.45, 7) is 36.5. The number of aliphatic hydroxyl groups is 1. The van der Waals surface area contributed by atoms with E-state index in [2.05, 4.69) is 185 Å². The average Bonchev–Trinajstić information content (AvgIpc) is 1.34. The van der Waals surface area contributed by atoms with E-state index >= 15 is 8.42 Å². The predicted octanol–water partition coefficient (Wildman–Crippen LogP) is 13.9. The van der Waals surface area contributed by atoms with Gasteiger partial charge < -0.3 is 42.1 Å². The van der Waals surface area contributed by atoms with E-state index in [1.165, 1.54) is 0 Å². The number of hydrogen-bond donors (Lipinski definition) is 1. The molecule has 0 aliphatic carbocycles. The minimum atomic E-state index is -4.26. The van der Waals surface area contributed by atoms with E-state index in [0.717, 1.165) is 62.9 Å². The van der Waals surface area contributed by atoms with Crippen molar-refractivity contribution < 1.29 is 55.3 Å². The molecule has 13 atom stereocenters. The Bertz CT molecular complexity index is 3330. The monoisotopic (exact) mass is 1350 g/mol. The van der Waals surface area contributed by atoms with Crippen molar-refractivity contribution >= 4 is 61.5 Å². The molecule has 16 heteroatoms. The average molecular weight is 1350 g/mol. The number of hydrogen-bond acceptors (Lipinski definition) is 12. The summed E-state index contributed by atoms with van der Waals surface area (Å²) in [5, 5.41) is 15.4. The van der Waals surface area contributed by atoms with Gasteiger partial charge in [0.25, 0.3) is 16.6 Å². The number of fused-ring (bicyclic) bond motifs is 2. The summed E-state index contributed by atoms with van der Waals surface area (Å²) < 4.78 is 90.7. The largest absolute Gasteiger partial charge is 0.465 e. The quantitative estimate of drug-likeness (QED) is 0.0220. The standard InChI is InChI=1S/C78H108O12SSi3/c1-16-55(5)51-58(88-92(17-2,18-3)19-4)46-47-66-56(6)52-59(84-66)53-69(91(81,82)60-35-25-20-26-36-60)65(79)54-68-71(89-93(77(10,11)12,61-37-27-21-28-38-61)62-39-29-22-30-40-62)72-73(87-68)74(70-67(86-72)48-45-57(85-70)49-50-83-75(80)76(7,8)9)90-94(78(13,14)15,63-41-31-23-32-42-63)64-43-33-24-34-44-64/h20-44,57-59,65-74,79H,1,6,17-19,45-54H2,2-5,7-15H3/t57-,58+,59-,65?,66+,67+,68-,69?,70+,71+,72+,73-,74+/m1/s1. The lowest BCUT2D eigenvalue weighted by atomic mass is 9.87. The van der Waals surface area contributed by atoms with Crippen LogP contribution in [0.15, 0.2) is 187 Å². The van der Waals surface area contributed by atoms with Crippen molar-refractivity contribution in [1.82, 2.24) is 0 Å². The molecule has 4 aliphatic heterocycles. The number of carbonyl (C=O) groups is 1. The van der Waals surface area contributed by atoms with Gasteiger partial charge in [0.15, 0.2) is 18.2 Å². The Hall–Kier alpha value is -4.89. The number of sulfone groups is 1. The van der Waals surface area contributed by atoms with Crippen molar-refractivity contribution in [3.8, 4) is 0 Å². The molecule has 2 unspecified atom stereocenters. The Morgan fingerprint density at radius 3 is 1.57 bits per heavy atom. The molecule has 12 nitrogen and oxygen atoms in total. The predicted molar refractivity (Wildman–Crippen MR) is 385 cm³/mol. The van der Waals surface area contributed by atoms with Gasteiger partial charge >= 0.3 is 5.97 Å². The van der Waals surface area contributed by atoms with Crippen LogP contribution in [0.2, 0.25) is 28.2 Å². The maximum Gasteiger partial charge on any atom is 0.311 e. The lowest BCUT2D eigenvalue weighted by Crippen LogP contribution is -2.73. The molecule has 4 saturated heterocycles. The van der Waals surface area contributed by atoms with Gasteiger partial charge in [-0.15, -0.1) is 5.73 Å². The molecule has 4 fully saturated rings. The Kier molecular flexibility index (Phi) is 24.1. The highest BCUT2D eigenvalue weighted by atomic mass is 32.2. The summed E-state index contributed by atoms with van der Waals surface area (Å²) in [5.41, 5.74) is 4.38. The lowest BCUT2D eigenvalue weighted by Gasteiger charge is -2.53. The van der Waals surface area contributed by atoms with Crippen molar-refractivity contribution in [2.45, 2.75) is 259 Å². The van der Waals surface area contributed by atoms with Gasteiger partial charge in [-0.3, -0.25) is 4.79 Å². The number of rotatable bonds is 28. The van der Waals surface area contributed by atoms with Crippen molar-refractivity contribution in [3.05, 3.63) is 182 Å². The Morgan fingerprint density at radius 2 is 1.11 bits per heavy atom. The lowest BCUT2D eigenvalue weighted by molar-refractivity contribution is -0.256. The van der Waals surface area contributed by atoms with Crippen LogP contribution < -0.4 is 20.7 Å². The van der Waals surface area contributed by atoms with E-state index in [-0.39, 0.29) is 48.6 Å². The van der Waals surface area contributed by atoms with Gasteiger partial charge in [-0.25, -0.2) is 8.42 Å². The number of esters is 1. The van der Waals surface area contributed by atoms with Crippen LogP contribution in [-0.2, 0) is 51.6 Å². The summed E-state index contributed by atoms with van der Waals surface area (Å²) in [6.07, 6.45) is -4.02. The Labute approximate surface area is 566 Å². The van der Waals surface area contributed by atoms with Crippen LogP contribution in [0.1, 0.15) is 148 Å². The molecule has 0 saturated carbocycles. The SMILES string of the molecule is C=C=C(C)C[C@H](CC[C@@H]1O[C@@H](CC(C(O)C[C@H]2O[C@H]3[C@@H](O[Si](c4ccccc4)(c4ccccc4)C(C)(C)C)[C@H]4O[C@@H](CCOC(=O)C(C)(C)C)CC[C@@H]4O[C@H]3[C@H]2O[Si](c2ccccc2)(c2ccccc2)C(C)(C)C)S(=O)(=O)c2ccccc2)CC1=C)O[Si](CC)(CC)CC. The van der Waals surface area contributed by atoms with Gasteiger partial charge in [-0.2, -0.15) is 0 Å². The number of ether oxygens (including phenoxy) is 5. The van der Waals surface area contributed by atoms with Crippen molar-refractivity contribution in [3.63, 3.8) is 0 Å². The molecule has 0 spiro atoms. The first-order valence-corrected chi connectivity index (χ1v) is 42.6. The second kappa shape index (κ2) is 30.9. The zero-order valence-corrected chi connectivity index (χ0v) is 62.2. The van der Waals surface area contributed by atoms with Crippen molar-refractivity contribution in [2.75, 3.05) is 6.61 Å². The van der Waals surface area contributed by atoms with Crippen LogP contribution in [0.5, 0.6) is 0 Å². The molecule has 0 amide bonds. The van der Waals surface area contributed by atoms with E-state index in [4.69, 9.17) is 37.0 Å². The Balaban J connectivity index is 1.15. The molecule has 4 heterocycles. The molecular formula is C78H108O12SSi3. The highest BCUT2D eigenvalue weighted by molar-refractivity contribution is 7.92. The van der Waals surface area contributed by atoms with E-state index in [9.17, 15) is 9.90 Å². The van der Waals surface area contributed by atoms with E-state index < -0.39 is 110 Å². The van der Waals surface area contributed by atoms with Gasteiger partial charge in [0.2, 0.25) is 0 Å². The van der Waals surface area contributed by atoms with Crippen LogP contribution in [-0.4, -0.2) is 130 Å². The molecule has 4 aliphatic rings. The fourth-order valence-electron chi connectivity index (χ4n) is 15.3. The zero-order valence-electron chi connectivity index (χ0n) is 58.4.